The molecule has 0 saturated carbocycles. The molecule has 134 valence electrons. The van der Waals surface area contributed by atoms with Crippen molar-refractivity contribution in [3.8, 4) is 0 Å². The fourth-order valence-electron chi connectivity index (χ4n) is 3.28. The van der Waals surface area contributed by atoms with Crippen LogP contribution >= 0.6 is 11.6 Å². The van der Waals surface area contributed by atoms with E-state index in [1.165, 1.54) is 18.4 Å². The summed E-state index contributed by atoms with van der Waals surface area (Å²) in [5.41, 5.74) is 1.33. The summed E-state index contributed by atoms with van der Waals surface area (Å²) < 4.78 is 0. The number of rotatable bonds is 7. The van der Waals surface area contributed by atoms with E-state index in [0.29, 0.717) is 5.92 Å². The van der Waals surface area contributed by atoms with Gasteiger partial charge in [-0.15, -0.1) is 0 Å². The number of nitrogens with zero attached hydrogens (tertiary/aromatic N) is 2. The number of nitrogens with one attached hydrogen (secondary N) is 1. The molecule has 24 heavy (non-hydrogen) atoms. The first kappa shape index (κ1) is 19.1. The van der Waals surface area contributed by atoms with Gasteiger partial charge in [0, 0.05) is 38.2 Å². The van der Waals surface area contributed by atoms with Gasteiger partial charge in [0.15, 0.2) is 0 Å². The van der Waals surface area contributed by atoms with Crippen molar-refractivity contribution >= 4 is 17.6 Å². The predicted molar refractivity (Wildman–Crippen MR) is 101 cm³/mol. The maximum atomic E-state index is 12.0. The van der Waals surface area contributed by atoms with E-state index in [-0.39, 0.29) is 6.03 Å². The van der Waals surface area contributed by atoms with Crippen molar-refractivity contribution < 1.29 is 4.79 Å². The molecule has 1 N–H and O–H groups in total. The first-order valence-electron chi connectivity index (χ1n) is 9.04. The van der Waals surface area contributed by atoms with Gasteiger partial charge in [0.05, 0.1) is 0 Å². The van der Waals surface area contributed by atoms with Crippen LogP contribution in [0.1, 0.15) is 31.7 Å². The smallest absolute Gasteiger partial charge is 0.317 e. The molecule has 0 aromatic heterocycles. The summed E-state index contributed by atoms with van der Waals surface area (Å²) in [4.78, 5) is 16.4. The van der Waals surface area contributed by atoms with Gasteiger partial charge >= 0.3 is 6.03 Å². The fraction of sp³-hybridized carbons (Fsp3) is 0.632. The third kappa shape index (κ3) is 6.33. The first-order chi connectivity index (χ1) is 11.6. The Labute approximate surface area is 151 Å². The molecule has 0 bridgehead atoms. The van der Waals surface area contributed by atoms with Crippen molar-refractivity contribution in [1.82, 2.24) is 15.1 Å². The van der Waals surface area contributed by atoms with Gasteiger partial charge in [0.2, 0.25) is 0 Å². The van der Waals surface area contributed by atoms with Crippen molar-refractivity contribution in [3.63, 3.8) is 0 Å². The molecule has 0 aliphatic carbocycles. The van der Waals surface area contributed by atoms with Crippen LogP contribution in [0.3, 0.4) is 0 Å². The molecule has 1 saturated heterocycles. The summed E-state index contributed by atoms with van der Waals surface area (Å²) in [6.45, 7) is 6.98. The molecule has 1 atom stereocenters. The zero-order valence-corrected chi connectivity index (χ0v) is 15.7. The van der Waals surface area contributed by atoms with Crippen LogP contribution in [-0.4, -0.2) is 55.6 Å². The second-order valence-corrected chi connectivity index (χ2v) is 7.23. The molecule has 1 heterocycles. The van der Waals surface area contributed by atoms with Crippen LogP contribution in [0, 0.1) is 5.92 Å². The van der Waals surface area contributed by atoms with E-state index in [9.17, 15) is 4.79 Å². The van der Waals surface area contributed by atoms with Crippen LogP contribution < -0.4 is 5.32 Å². The quantitative estimate of drug-likeness (QED) is 0.814. The van der Waals surface area contributed by atoms with Gasteiger partial charge in [-0.2, -0.15) is 0 Å². The standard InChI is InChI=1S/C19H30ClN3O/c1-3-11-21-19(24)22(2)14-17-5-4-12-23(15-17)13-10-16-6-8-18(20)9-7-16/h6-9,17H,3-5,10-15H2,1-2H3,(H,21,24). The maximum absolute atomic E-state index is 12.0. The lowest BCUT2D eigenvalue weighted by atomic mass is 9.97. The fourth-order valence-corrected chi connectivity index (χ4v) is 3.40. The molecule has 2 amide bonds. The van der Waals surface area contributed by atoms with E-state index in [1.54, 1.807) is 0 Å². The SMILES string of the molecule is CCCNC(=O)N(C)CC1CCCN(CCc2ccc(Cl)cc2)C1. The second kappa shape index (κ2) is 9.90. The largest absolute Gasteiger partial charge is 0.338 e. The molecule has 0 radical (unpaired) electrons. The third-order valence-electron chi connectivity index (χ3n) is 4.64. The second-order valence-electron chi connectivity index (χ2n) is 6.80. The molecular weight excluding hydrogens is 322 g/mol. The Morgan fingerprint density at radius 2 is 2.12 bits per heavy atom. The van der Waals surface area contributed by atoms with Crippen molar-refractivity contribution in [2.45, 2.75) is 32.6 Å². The van der Waals surface area contributed by atoms with Crippen LogP contribution in [0.15, 0.2) is 24.3 Å². The van der Waals surface area contributed by atoms with Crippen LogP contribution in [0.2, 0.25) is 5.02 Å². The highest BCUT2D eigenvalue weighted by Gasteiger charge is 2.22. The van der Waals surface area contributed by atoms with Gasteiger partial charge in [-0.3, -0.25) is 0 Å². The first-order valence-corrected chi connectivity index (χ1v) is 9.42. The average molecular weight is 352 g/mol. The summed E-state index contributed by atoms with van der Waals surface area (Å²) in [6.07, 6.45) is 4.46. The number of hydrogen-bond donors (Lipinski definition) is 1. The number of hydrogen-bond acceptors (Lipinski definition) is 2. The van der Waals surface area contributed by atoms with E-state index < -0.39 is 0 Å². The summed E-state index contributed by atoms with van der Waals surface area (Å²) in [7, 11) is 1.90. The van der Waals surface area contributed by atoms with Gasteiger partial charge in [0.1, 0.15) is 0 Å². The molecular formula is C19H30ClN3O. The van der Waals surface area contributed by atoms with Crippen LogP contribution in [0.25, 0.3) is 0 Å². The topological polar surface area (TPSA) is 35.6 Å². The van der Waals surface area contributed by atoms with Gasteiger partial charge in [-0.05, 0) is 55.8 Å². The molecule has 1 aliphatic heterocycles. The highest BCUT2D eigenvalue weighted by Crippen LogP contribution is 2.18. The van der Waals surface area contributed by atoms with E-state index in [1.807, 2.05) is 24.1 Å². The minimum Gasteiger partial charge on any atom is -0.338 e. The van der Waals surface area contributed by atoms with E-state index in [4.69, 9.17) is 11.6 Å². The van der Waals surface area contributed by atoms with E-state index in [2.05, 4.69) is 29.3 Å². The number of carbonyl (C=O) groups is 1. The van der Waals surface area contributed by atoms with Crippen LogP contribution in [0.4, 0.5) is 4.79 Å². The third-order valence-corrected chi connectivity index (χ3v) is 4.89. The molecule has 1 aliphatic rings. The number of halogens is 1. The summed E-state index contributed by atoms with van der Waals surface area (Å²) >= 11 is 5.94. The molecule has 5 heteroatoms. The number of amides is 2. The number of piperidine rings is 1. The summed E-state index contributed by atoms with van der Waals surface area (Å²) in [5, 5.41) is 3.74. The zero-order valence-electron chi connectivity index (χ0n) is 14.9. The normalized spacial score (nSPS) is 18.4. The van der Waals surface area contributed by atoms with Crippen molar-refractivity contribution in [1.29, 1.82) is 0 Å². The Morgan fingerprint density at radius 3 is 2.83 bits per heavy atom. The van der Waals surface area contributed by atoms with Crippen molar-refractivity contribution in [2.24, 2.45) is 5.92 Å². The minimum absolute atomic E-state index is 0.0511. The van der Waals surface area contributed by atoms with E-state index >= 15 is 0 Å². The lowest BCUT2D eigenvalue weighted by Crippen LogP contribution is -2.45. The Morgan fingerprint density at radius 1 is 1.38 bits per heavy atom. The van der Waals surface area contributed by atoms with Crippen LogP contribution in [0.5, 0.6) is 0 Å². The predicted octanol–water partition coefficient (Wildman–Crippen LogP) is 3.65. The molecule has 1 fully saturated rings. The average Bonchev–Trinajstić information content (AvgIpc) is 2.59. The maximum Gasteiger partial charge on any atom is 0.317 e. The zero-order chi connectivity index (χ0) is 17.4. The highest BCUT2D eigenvalue weighted by molar-refractivity contribution is 6.30. The van der Waals surface area contributed by atoms with Gasteiger partial charge in [-0.1, -0.05) is 30.7 Å². The Balaban J connectivity index is 1.74. The number of carbonyl (C=O) groups excluding carboxylic acids is 1. The molecule has 1 unspecified atom stereocenters. The molecule has 0 spiro atoms. The Kier molecular flexibility index (Phi) is 7.86. The van der Waals surface area contributed by atoms with Gasteiger partial charge in [-0.25, -0.2) is 4.79 Å². The molecule has 4 nitrogen and oxygen atoms in total. The molecule has 1 aromatic rings. The minimum atomic E-state index is 0.0511. The lowest BCUT2D eigenvalue weighted by molar-refractivity contribution is 0.146. The van der Waals surface area contributed by atoms with Gasteiger partial charge in [0.25, 0.3) is 0 Å². The number of benzene rings is 1. The summed E-state index contributed by atoms with van der Waals surface area (Å²) in [5.74, 6) is 0.571. The number of likely N-dealkylation sites (tertiary alicyclic amines) is 1. The Bertz CT molecular complexity index is 506. The van der Waals surface area contributed by atoms with Crippen molar-refractivity contribution in [2.75, 3.05) is 39.8 Å². The molecule has 2 rings (SSSR count). The van der Waals surface area contributed by atoms with Gasteiger partial charge < -0.3 is 15.1 Å². The molecule has 1 aromatic carbocycles. The summed E-state index contributed by atoms with van der Waals surface area (Å²) in [6, 6.07) is 8.18. The highest BCUT2D eigenvalue weighted by atomic mass is 35.5. The Hall–Kier alpha value is -1.26. The van der Waals surface area contributed by atoms with Crippen LogP contribution in [-0.2, 0) is 6.42 Å². The lowest BCUT2D eigenvalue weighted by Gasteiger charge is -2.34. The van der Waals surface area contributed by atoms with Crippen molar-refractivity contribution in [3.05, 3.63) is 34.9 Å². The number of urea groups is 1. The monoisotopic (exact) mass is 351 g/mol. The van der Waals surface area contributed by atoms with E-state index in [0.717, 1.165) is 50.6 Å².